The average Bonchev–Trinajstić information content (AvgIpc) is 2.71. The fourth-order valence-electron chi connectivity index (χ4n) is 6.59. The molecule has 4 aliphatic rings. The van der Waals surface area contributed by atoms with Crippen molar-refractivity contribution in [2.45, 2.75) is 69.9 Å². The number of benzene rings is 2. The summed E-state index contributed by atoms with van der Waals surface area (Å²) in [5.41, 5.74) is -1.33. The molecule has 0 unspecified atom stereocenters. The Morgan fingerprint density at radius 3 is 2.06 bits per heavy atom. The molecule has 0 amide bonds. The average molecular weight is 475 g/mol. The van der Waals surface area contributed by atoms with Gasteiger partial charge in [0, 0.05) is 13.8 Å². The Morgan fingerprint density at radius 2 is 1.50 bits per heavy atom. The zero-order chi connectivity index (χ0) is 24.1. The van der Waals surface area contributed by atoms with E-state index in [0.29, 0.717) is 23.5 Å². The molecular weight excluding hydrogens is 445 g/mol. The second-order valence-corrected chi connectivity index (χ2v) is 10.6. The van der Waals surface area contributed by atoms with Crippen LogP contribution in [0.4, 0.5) is 13.2 Å². The van der Waals surface area contributed by atoms with Crippen LogP contribution in [0, 0.1) is 17.8 Å². The minimum Gasteiger partial charge on any atom is -0.462 e. The normalized spacial score (nSPS) is 28.1. The maximum absolute atomic E-state index is 13.8. The Morgan fingerprint density at radius 1 is 0.912 bits per heavy atom. The number of ether oxygens (including phenoxy) is 3. The summed E-state index contributed by atoms with van der Waals surface area (Å²) in [5, 5.41) is 0. The van der Waals surface area contributed by atoms with Gasteiger partial charge in [0.1, 0.15) is 11.5 Å². The molecule has 4 fully saturated rings. The molecule has 0 spiro atoms. The third kappa shape index (κ3) is 4.81. The van der Waals surface area contributed by atoms with Gasteiger partial charge in [-0.3, -0.25) is 0 Å². The van der Waals surface area contributed by atoms with Crippen molar-refractivity contribution in [3.05, 3.63) is 59.7 Å². The van der Waals surface area contributed by atoms with E-state index in [1.54, 1.807) is 44.2 Å². The monoisotopic (exact) mass is 474 g/mol. The zero-order valence-corrected chi connectivity index (χ0v) is 19.4. The Labute approximate surface area is 197 Å². The van der Waals surface area contributed by atoms with Crippen LogP contribution in [0.1, 0.15) is 68.3 Å². The van der Waals surface area contributed by atoms with Gasteiger partial charge >= 0.3 is 12.1 Å². The molecule has 6 rings (SSSR count). The Balaban J connectivity index is 1.38. The van der Waals surface area contributed by atoms with Crippen molar-refractivity contribution in [3.63, 3.8) is 0 Å². The van der Waals surface area contributed by atoms with E-state index in [-0.39, 0.29) is 11.2 Å². The number of para-hydroxylation sites is 1. The van der Waals surface area contributed by atoms with Gasteiger partial charge in [-0.05, 0) is 86.6 Å². The van der Waals surface area contributed by atoms with E-state index >= 15 is 0 Å². The van der Waals surface area contributed by atoms with Gasteiger partial charge in [0.25, 0.3) is 0 Å². The summed E-state index contributed by atoms with van der Waals surface area (Å²) in [7, 11) is 0. The van der Waals surface area contributed by atoms with Crippen LogP contribution in [-0.2, 0) is 10.9 Å². The van der Waals surface area contributed by atoms with E-state index in [1.807, 2.05) is 0 Å². The molecule has 0 aromatic heterocycles. The number of hydrogen-bond donors (Lipinski definition) is 0. The predicted octanol–water partition coefficient (Wildman–Crippen LogP) is 7.02. The van der Waals surface area contributed by atoms with Crippen LogP contribution in [0.2, 0.25) is 0 Å². The minimum atomic E-state index is -4.64. The van der Waals surface area contributed by atoms with Crippen LogP contribution in [0.15, 0.2) is 48.5 Å². The molecule has 7 heteroatoms. The molecule has 4 saturated carbocycles. The molecule has 182 valence electrons. The number of alkyl halides is 3. The summed E-state index contributed by atoms with van der Waals surface area (Å²) in [5.74, 6) is -0.306. The van der Waals surface area contributed by atoms with E-state index < -0.39 is 29.2 Å². The van der Waals surface area contributed by atoms with Crippen LogP contribution in [0.25, 0.3) is 0 Å². The lowest BCUT2D eigenvalue weighted by atomic mass is 9.54. The minimum absolute atomic E-state index is 0.0301. The Hall–Kier alpha value is -2.54. The van der Waals surface area contributed by atoms with Crippen molar-refractivity contribution in [2.24, 2.45) is 17.8 Å². The predicted molar refractivity (Wildman–Crippen MR) is 120 cm³/mol. The molecule has 2 aromatic carbocycles. The highest BCUT2D eigenvalue weighted by atomic mass is 19.4. The number of esters is 1. The van der Waals surface area contributed by atoms with Gasteiger partial charge in [-0.25, -0.2) is 4.79 Å². The summed E-state index contributed by atoms with van der Waals surface area (Å²) in [6.45, 7) is 3.31. The molecular formula is C27H29F3O4. The first-order valence-corrected chi connectivity index (χ1v) is 11.9. The van der Waals surface area contributed by atoms with Gasteiger partial charge in [-0.1, -0.05) is 18.2 Å². The van der Waals surface area contributed by atoms with Crippen molar-refractivity contribution < 1.29 is 32.2 Å². The number of halogens is 3. The van der Waals surface area contributed by atoms with Crippen molar-refractivity contribution >= 4 is 5.97 Å². The lowest BCUT2D eigenvalue weighted by molar-refractivity contribution is -0.274. The Bertz CT molecular complexity index is 1030. The highest BCUT2D eigenvalue weighted by Gasteiger charge is 2.54. The lowest BCUT2D eigenvalue weighted by Gasteiger charge is -2.57. The standard InChI is InChI=1S/C27H29F3O4/c1-25(2,34-26-14-17-10-18(15-26)12-19(11-17)16-26)33-23-13-20(8-9-22(23)27(28,29)30)24(31)32-21-6-4-3-5-7-21/h3-9,13,17-19H,10-12,14-16H2,1-2H3. The maximum Gasteiger partial charge on any atom is 0.419 e. The van der Waals surface area contributed by atoms with E-state index in [1.165, 1.54) is 19.3 Å². The van der Waals surface area contributed by atoms with E-state index in [4.69, 9.17) is 14.2 Å². The topological polar surface area (TPSA) is 44.8 Å². The van der Waals surface area contributed by atoms with Crippen molar-refractivity contribution in [1.82, 2.24) is 0 Å². The summed E-state index contributed by atoms with van der Waals surface area (Å²) in [4.78, 5) is 12.6. The molecule has 0 saturated heterocycles. The van der Waals surface area contributed by atoms with Gasteiger partial charge in [0.2, 0.25) is 5.79 Å². The SMILES string of the molecule is CC(C)(Oc1cc(C(=O)Oc2ccccc2)ccc1C(F)(F)F)OC12CC3CC(CC(C3)C1)C2. The van der Waals surface area contributed by atoms with Gasteiger partial charge in [0.15, 0.2) is 0 Å². The fourth-order valence-corrected chi connectivity index (χ4v) is 6.59. The van der Waals surface area contributed by atoms with Crippen LogP contribution < -0.4 is 9.47 Å². The van der Waals surface area contributed by atoms with Crippen molar-refractivity contribution in [1.29, 1.82) is 0 Å². The van der Waals surface area contributed by atoms with Gasteiger partial charge in [-0.2, -0.15) is 13.2 Å². The summed E-state index contributed by atoms with van der Waals surface area (Å²) >= 11 is 0. The quantitative estimate of drug-likeness (QED) is 0.256. The summed E-state index contributed by atoms with van der Waals surface area (Å²) in [6.07, 6.45) is 1.84. The molecule has 2 aromatic rings. The molecule has 0 heterocycles. The number of carbonyl (C=O) groups is 1. The third-order valence-corrected chi connectivity index (χ3v) is 7.28. The highest BCUT2D eigenvalue weighted by Crippen LogP contribution is 2.58. The van der Waals surface area contributed by atoms with Gasteiger partial charge in [0.05, 0.1) is 16.7 Å². The van der Waals surface area contributed by atoms with E-state index in [2.05, 4.69) is 0 Å². The molecule has 0 atom stereocenters. The van der Waals surface area contributed by atoms with Crippen molar-refractivity contribution in [3.8, 4) is 11.5 Å². The highest BCUT2D eigenvalue weighted by molar-refractivity contribution is 5.91. The molecule has 4 aliphatic carbocycles. The van der Waals surface area contributed by atoms with Gasteiger partial charge in [-0.15, -0.1) is 0 Å². The van der Waals surface area contributed by atoms with Crippen LogP contribution >= 0.6 is 0 Å². The first kappa shape index (κ1) is 23.2. The third-order valence-electron chi connectivity index (χ3n) is 7.28. The van der Waals surface area contributed by atoms with Gasteiger partial charge < -0.3 is 14.2 Å². The second-order valence-electron chi connectivity index (χ2n) is 10.6. The van der Waals surface area contributed by atoms with E-state index in [9.17, 15) is 18.0 Å². The first-order valence-electron chi connectivity index (χ1n) is 11.9. The molecule has 4 bridgehead atoms. The molecule has 4 nitrogen and oxygen atoms in total. The molecule has 0 radical (unpaired) electrons. The zero-order valence-electron chi connectivity index (χ0n) is 19.4. The number of rotatable bonds is 6. The van der Waals surface area contributed by atoms with E-state index in [0.717, 1.165) is 37.5 Å². The lowest BCUT2D eigenvalue weighted by Crippen LogP contribution is -2.56. The van der Waals surface area contributed by atoms with Crippen LogP contribution in [0.3, 0.4) is 0 Å². The fraction of sp³-hybridized carbons (Fsp3) is 0.519. The first-order chi connectivity index (χ1) is 16.0. The maximum atomic E-state index is 13.8. The Kier molecular flexibility index (Phi) is 5.66. The second kappa shape index (κ2) is 8.29. The van der Waals surface area contributed by atoms with Crippen molar-refractivity contribution in [2.75, 3.05) is 0 Å². The molecule has 34 heavy (non-hydrogen) atoms. The summed E-state index contributed by atoms with van der Waals surface area (Å²) in [6, 6.07) is 11.4. The molecule has 0 N–H and O–H groups in total. The number of hydrogen-bond acceptors (Lipinski definition) is 4. The smallest absolute Gasteiger partial charge is 0.419 e. The number of carbonyl (C=O) groups excluding carboxylic acids is 1. The van der Waals surface area contributed by atoms with Crippen LogP contribution in [-0.4, -0.2) is 17.4 Å². The van der Waals surface area contributed by atoms with Crippen LogP contribution in [0.5, 0.6) is 11.5 Å². The largest absolute Gasteiger partial charge is 0.462 e. The molecule has 0 aliphatic heterocycles. The summed E-state index contributed by atoms with van der Waals surface area (Å²) < 4.78 is 59.0.